The molecule has 0 amide bonds. The van der Waals surface area contributed by atoms with Crippen LogP contribution in [0.4, 0.5) is 0 Å². The maximum atomic E-state index is 12.9. The van der Waals surface area contributed by atoms with Gasteiger partial charge >= 0.3 is 11.9 Å². The molecule has 0 radical (unpaired) electrons. The van der Waals surface area contributed by atoms with E-state index >= 15 is 0 Å². The highest BCUT2D eigenvalue weighted by atomic mass is 16.6. The van der Waals surface area contributed by atoms with Gasteiger partial charge in [-0.05, 0) is 45.0 Å². The third-order valence-electron chi connectivity index (χ3n) is 4.65. The third kappa shape index (κ3) is 3.67. The van der Waals surface area contributed by atoms with Gasteiger partial charge in [0.15, 0.2) is 11.7 Å². The molecule has 1 saturated heterocycles. The molecule has 0 N–H and O–H groups in total. The van der Waals surface area contributed by atoms with Gasteiger partial charge in [-0.1, -0.05) is 6.92 Å². The fraction of sp³-hybridized carbons (Fsp3) is 0.526. The Labute approximate surface area is 147 Å². The van der Waals surface area contributed by atoms with Gasteiger partial charge in [0, 0.05) is 17.4 Å². The number of rotatable bonds is 6. The highest BCUT2D eigenvalue weighted by Crippen LogP contribution is 2.43. The predicted octanol–water partition coefficient (Wildman–Crippen LogP) is 2.64. The summed E-state index contributed by atoms with van der Waals surface area (Å²) in [6.07, 6.45) is 0. The van der Waals surface area contributed by atoms with Crippen molar-refractivity contribution in [2.75, 3.05) is 13.7 Å². The standard InChI is InChI=1S/C19H24O6/c1-6-24-17(21)14-15(19(3,4)25-18(14)22)11(2)16(20)12-7-9-13(23-5)10-8-12/h7-11,14-15H,6H2,1-5H3/t11-,14-,15+/m0/s1. The van der Waals surface area contributed by atoms with Crippen LogP contribution in [0.5, 0.6) is 5.75 Å². The van der Waals surface area contributed by atoms with Gasteiger partial charge in [0.25, 0.3) is 0 Å². The summed E-state index contributed by atoms with van der Waals surface area (Å²) in [5.74, 6) is -3.08. The maximum Gasteiger partial charge on any atom is 0.321 e. The number of ketones is 1. The smallest absolute Gasteiger partial charge is 0.321 e. The lowest BCUT2D eigenvalue weighted by atomic mass is 9.72. The monoisotopic (exact) mass is 348 g/mol. The molecule has 25 heavy (non-hydrogen) atoms. The average Bonchev–Trinajstić information content (AvgIpc) is 2.82. The predicted molar refractivity (Wildman–Crippen MR) is 90.3 cm³/mol. The Morgan fingerprint density at radius 2 is 1.84 bits per heavy atom. The Balaban J connectivity index is 2.31. The molecule has 1 aromatic rings. The summed E-state index contributed by atoms with van der Waals surface area (Å²) in [6.45, 7) is 6.98. The minimum atomic E-state index is -1.09. The van der Waals surface area contributed by atoms with Crippen LogP contribution >= 0.6 is 0 Å². The molecule has 6 nitrogen and oxygen atoms in total. The highest BCUT2D eigenvalue weighted by molar-refractivity contribution is 6.01. The molecule has 136 valence electrons. The molecule has 0 aliphatic carbocycles. The van der Waals surface area contributed by atoms with Crippen molar-refractivity contribution >= 4 is 17.7 Å². The van der Waals surface area contributed by atoms with E-state index in [1.165, 1.54) is 0 Å². The summed E-state index contributed by atoms with van der Waals surface area (Å²) in [6, 6.07) is 6.73. The molecule has 0 aromatic heterocycles. The van der Waals surface area contributed by atoms with E-state index in [1.54, 1.807) is 59.1 Å². The summed E-state index contributed by atoms with van der Waals surface area (Å²) in [7, 11) is 1.55. The third-order valence-corrected chi connectivity index (χ3v) is 4.65. The molecular weight excluding hydrogens is 324 g/mol. The highest BCUT2D eigenvalue weighted by Gasteiger charge is 2.57. The second-order valence-electron chi connectivity index (χ2n) is 6.66. The van der Waals surface area contributed by atoms with Crippen LogP contribution in [0.25, 0.3) is 0 Å². The first-order valence-electron chi connectivity index (χ1n) is 8.30. The van der Waals surface area contributed by atoms with Crippen LogP contribution in [0.3, 0.4) is 0 Å². The Morgan fingerprint density at radius 1 is 1.24 bits per heavy atom. The van der Waals surface area contributed by atoms with E-state index in [-0.39, 0.29) is 12.4 Å². The number of carbonyl (C=O) groups is 3. The number of benzene rings is 1. The molecule has 1 aliphatic rings. The van der Waals surface area contributed by atoms with Crippen LogP contribution in [0.15, 0.2) is 24.3 Å². The van der Waals surface area contributed by atoms with Crippen molar-refractivity contribution in [1.82, 2.24) is 0 Å². The Hall–Kier alpha value is -2.37. The molecule has 1 aliphatic heterocycles. The van der Waals surface area contributed by atoms with Gasteiger partial charge in [0.1, 0.15) is 11.4 Å². The summed E-state index contributed by atoms with van der Waals surface area (Å²) in [5.41, 5.74) is -0.443. The lowest BCUT2D eigenvalue weighted by Crippen LogP contribution is -2.41. The number of Topliss-reactive ketones (excluding diaryl/α,β-unsaturated/α-hetero) is 1. The van der Waals surface area contributed by atoms with Crippen LogP contribution in [-0.2, 0) is 19.1 Å². The van der Waals surface area contributed by atoms with E-state index in [0.717, 1.165) is 0 Å². The Morgan fingerprint density at radius 3 is 2.36 bits per heavy atom. The SMILES string of the molecule is CCOC(=O)[C@H]1C(=O)OC(C)(C)[C@@H]1[C@H](C)C(=O)c1ccc(OC)cc1. The summed E-state index contributed by atoms with van der Waals surface area (Å²) in [5, 5.41) is 0. The van der Waals surface area contributed by atoms with Crippen LogP contribution in [0.1, 0.15) is 38.1 Å². The van der Waals surface area contributed by atoms with Gasteiger partial charge in [-0.25, -0.2) is 0 Å². The summed E-state index contributed by atoms with van der Waals surface area (Å²) in [4.78, 5) is 37.4. The molecule has 1 aromatic carbocycles. The van der Waals surface area contributed by atoms with Crippen molar-refractivity contribution in [3.63, 3.8) is 0 Å². The van der Waals surface area contributed by atoms with Gasteiger partial charge < -0.3 is 14.2 Å². The zero-order chi connectivity index (χ0) is 18.8. The minimum Gasteiger partial charge on any atom is -0.497 e. The van der Waals surface area contributed by atoms with Crippen LogP contribution < -0.4 is 4.74 Å². The number of esters is 2. The van der Waals surface area contributed by atoms with Crippen molar-refractivity contribution in [3.05, 3.63) is 29.8 Å². The lowest BCUT2D eigenvalue weighted by molar-refractivity contribution is -0.157. The molecule has 0 spiro atoms. The van der Waals surface area contributed by atoms with Gasteiger partial charge in [-0.2, -0.15) is 0 Å². The van der Waals surface area contributed by atoms with E-state index in [0.29, 0.717) is 11.3 Å². The largest absolute Gasteiger partial charge is 0.497 e. The topological polar surface area (TPSA) is 78.9 Å². The van der Waals surface area contributed by atoms with Crippen molar-refractivity contribution < 1.29 is 28.6 Å². The van der Waals surface area contributed by atoms with Crippen molar-refractivity contribution in [2.24, 2.45) is 17.8 Å². The number of methoxy groups -OCH3 is 1. The van der Waals surface area contributed by atoms with E-state index in [9.17, 15) is 14.4 Å². The molecular formula is C19H24O6. The zero-order valence-electron chi connectivity index (χ0n) is 15.2. The van der Waals surface area contributed by atoms with Crippen LogP contribution in [-0.4, -0.2) is 37.0 Å². The van der Waals surface area contributed by atoms with Crippen LogP contribution in [0.2, 0.25) is 0 Å². The molecule has 1 heterocycles. The minimum absolute atomic E-state index is 0.159. The quantitative estimate of drug-likeness (QED) is 0.447. The first-order valence-corrected chi connectivity index (χ1v) is 8.30. The Kier molecular flexibility index (Phi) is 5.50. The normalized spacial score (nSPS) is 22.8. The molecule has 1 fully saturated rings. The first kappa shape index (κ1) is 19.0. The fourth-order valence-corrected chi connectivity index (χ4v) is 3.49. The van der Waals surface area contributed by atoms with E-state index in [4.69, 9.17) is 14.2 Å². The number of carbonyl (C=O) groups excluding carboxylic acids is 3. The average molecular weight is 348 g/mol. The van der Waals surface area contributed by atoms with Gasteiger partial charge in [0.2, 0.25) is 0 Å². The first-order chi connectivity index (χ1) is 11.7. The summed E-state index contributed by atoms with van der Waals surface area (Å²) >= 11 is 0. The van der Waals surface area contributed by atoms with Crippen molar-refractivity contribution in [3.8, 4) is 5.75 Å². The molecule has 0 saturated carbocycles. The van der Waals surface area contributed by atoms with Crippen molar-refractivity contribution in [1.29, 1.82) is 0 Å². The second-order valence-corrected chi connectivity index (χ2v) is 6.66. The number of hydrogen-bond donors (Lipinski definition) is 0. The number of hydrogen-bond acceptors (Lipinski definition) is 6. The lowest BCUT2D eigenvalue weighted by Gasteiger charge is -2.30. The molecule has 6 heteroatoms. The van der Waals surface area contributed by atoms with Gasteiger partial charge in [-0.3, -0.25) is 14.4 Å². The van der Waals surface area contributed by atoms with Crippen LogP contribution in [0, 0.1) is 17.8 Å². The molecule has 0 bridgehead atoms. The summed E-state index contributed by atoms with van der Waals surface area (Å²) < 4.78 is 15.5. The van der Waals surface area contributed by atoms with E-state index < -0.39 is 35.3 Å². The molecule has 0 unspecified atom stereocenters. The maximum absolute atomic E-state index is 12.9. The Bertz CT molecular complexity index is 661. The molecule has 2 rings (SSSR count). The second kappa shape index (κ2) is 7.25. The fourth-order valence-electron chi connectivity index (χ4n) is 3.49. The van der Waals surface area contributed by atoms with Gasteiger partial charge in [0.05, 0.1) is 13.7 Å². The zero-order valence-corrected chi connectivity index (χ0v) is 15.2. The van der Waals surface area contributed by atoms with Crippen molar-refractivity contribution in [2.45, 2.75) is 33.3 Å². The van der Waals surface area contributed by atoms with E-state index in [1.807, 2.05) is 0 Å². The number of cyclic esters (lactones) is 1. The van der Waals surface area contributed by atoms with E-state index in [2.05, 4.69) is 0 Å². The van der Waals surface area contributed by atoms with Gasteiger partial charge in [-0.15, -0.1) is 0 Å². The number of ether oxygens (including phenoxy) is 3. The molecule has 3 atom stereocenters.